The van der Waals surface area contributed by atoms with Crippen LogP contribution in [-0.4, -0.2) is 29.5 Å². The molecule has 118 valence electrons. The van der Waals surface area contributed by atoms with Crippen molar-refractivity contribution in [2.24, 2.45) is 17.3 Å². The molecule has 1 N–H and O–H groups in total. The van der Waals surface area contributed by atoms with Crippen molar-refractivity contribution in [1.29, 1.82) is 0 Å². The van der Waals surface area contributed by atoms with E-state index in [1.807, 2.05) is 0 Å². The molecule has 4 heteroatoms. The molecule has 5 fully saturated rings. The van der Waals surface area contributed by atoms with Crippen LogP contribution in [-0.2, 0) is 9.53 Å². The zero-order chi connectivity index (χ0) is 14.5. The van der Waals surface area contributed by atoms with Gasteiger partial charge in [0.25, 0.3) is 0 Å². The fraction of sp³-hybridized carbons (Fsp3) is 0.941. The summed E-state index contributed by atoms with van der Waals surface area (Å²) in [6, 6.07) is 0. The molecule has 3 nitrogen and oxygen atoms in total. The Morgan fingerprint density at radius 3 is 2.62 bits per heavy atom. The Bertz CT molecular complexity index is 419. The zero-order valence-electron chi connectivity index (χ0n) is 12.7. The maximum Gasteiger partial charge on any atom is 0.220 e. The number of nitrogens with one attached hydrogen (secondary N) is 1. The van der Waals surface area contributed by atoms with E-state index in [4.69, 9.17) is 4.74 Å². The Balaban J connectivity index is 1.36. The number of hydrogen-bond donors (Lipinski definition) is 1. The van der Waals surface area contributed by atoms with E-state index in [2.05, 4.69) is 21.2 Å². The average molecular weight is 356 g/mol. The van der Waals surface area contributed by atoms with Gasteiger partial charge in [-0.05, 0) is 68.6 Å². The molecule has 0 aromatic rings. The van der Waals surface area contributed by atoms with Gasteiger partial charge < -0.3 is 10.1 Å². The lowest BCUT2D eigenvalue weighted by Crippen LogP contribution is -2.54. The lowest BCUT2D eigenvalue weighted by molar-refractivity contribution is -0.128. The largest absolute Gasteiger partial charge is 0.376 e. The monoisotopic (exact) mass is 355 g/mol. The van der Waals surface area contributed by atoms with Gasteiger partial charge in [0.1, 0.15) is 0 Å². The molecule has 0 aromatic heterocycles. The first-order valence-corrected chi connectivity index (χ1v) is 9.41. The molecule has 0 aromatic carbocycles. The van der Waals surface area contributed by atoms with Crippen LogP contribution in [0.15, 0.2) is 0 Å². The van der Waals surface area contributed by atoms with Gasteiger partial charge in [-0.15, -0.1) is 0 Å². The second-order valence-corrected chi connectivity index (χ2v) is 9.91. The lowest BCUT2D eigenvalue weighted by atomic mass is 9.48. The van der Waals surface area contributed by atoms with Crippen molar-refractivity contribution in [3.8, 4) is 0 Å². The molecule has 1 heterocycles. The molecule has 3 atom stereocenters. The Kier molecular flexibility index (Phi) is 3.61. The Morgan fingerprint density at radius 2 is 2.00 bits per heavy atom. The average Bonchev–Trinajstić information content (AvgIpc) is 2.85. The van der Waals surface area contributed by atoms with E-state index in [0.717, 1.165) is 37.7 Å². The summed E-state index contributed by atoms with van der Waals surface area (Å²) in [5.41, 5.74) is 0.286. The Labute approximate surface area is 135 Å². The molecule has 1 aliphatic heterocycles. The van der Waals surface area contributed by atoms with E-state index in [1.165, 1.54) is 38.5 Å². The second kappa shape index (κ2) is 5.23. The number of rotatable bonds is 4. The van der Waals surface area contributed by atoms with Crippen LogP contribution in [0.25, 0.3) is 0 Å². The summed E-state index contributed by atoms with van der Waals surface area (Å²) < 4.78 is 5.94. The SMILES string of the molecule is O=C(CC12C[C@H]3C[C@@H](CC(Br)(C3)C1)C2)NC[C@@H]1CCCO1. The normalized spacial score (nSPS) is 47.8. The molecule has 5 rings (SSSR count). The first-order chi connectivity index (χ1) is 10.0. The summed E-state index contributed by atoms with van der Waals surface area (Å²) in [5, 5.41) is 3.13. The van der Waals surface area contributed by atoms with Crippen LogP contribution in [0.4, 0.5) is 0 Å². The van der Waals surface area contributed by atoms with E-state index >= 15 is 0 Å². The maximum atomic E-state index is 12.4. The molecule has 4 saturated carbocycles. The molecule has 5 aliphatic rings. The van der Waals surface area contributed by atoms with E-state index < -0.39 is 0 Å². The third-order valence-corrected chi connectivity index (χ3v) is 7.13. The summed E-state index contributed by atoms with van der Waals surface area (Å²) in [4.78, 5) is 12.4. The van der Waals surface area contributed by atoms with Crippen LogP contribution in [0.3, 0.4) is 0 Å². The molecule has 0 unspecified atom stereocenters. The van der Waals surface area contributed by atoms with Gasteiger partial charge in [0, 0.05) is 23.9 Å². The topological polar surface area (TPSA) is 38.3 Å². The van der Waals surface area contributed by atoms with E-state index in [-0.39, 0.29) is 17.4 Å². The summed E-state index contributed by atoms with van der Waals surface area (Å²) in [5.74, 6) is 1.97. The van der Waals surface area contributed by atoms with Crippen LogP contribution in [0.1, 0.15) is 57.8 Å². The van der Waals surface area contributed by atoms with Gasteiger partial charge in [-0.2, -0.15) is 0 Å². The predicted octanol–water partition coefficient (Wildman–Crippen LogP) is 3.41. The third kappa shape index (κ3) is 2.90. The number of ether oxygens (including phenoxy) is 1. The van der Waals surface area contributed by atoms with Crippen molar-refractivity contribution >= 4 is 21.8 Å². The molecule has 0 radical (unpaired) electrons. The number of hydrogen-bond acceptors (Lipinski definition) is 2. The molecular weight excluding hydrogens is 330 g/mol. The molecule has 4 aliphatic carbocycles. The van der Waals surface area contributed by atoms with Gasteiger partial charge in [0.15, 0.2) is 0 Å². The van der Waals surface area contributed by atoms with Gasteiger partial charge in [-0.1, -0.05) is 15.9 Å². The summed E-state index contributed by atoms with van der Waals surface area (Å²) in [7, 11) is 0. The highest BCUT2D eigenvalue weighted by Crippen LogP contribution is 2.65. The van der Waals surface area contributed by atoms with Crippen molar-refractivity contribution < 1.29 is 9.53 Å². The molecule has 0 spiro atoms. The first kappa shape index (κ1) is 14.5. The summed E-state index contributed by atoms with van der Waals surface area (Å²) >= 11 is 4.02. The molecular formula is C17H26BrNO2. The maximum absolute atomic E-state index is 12.4. The minimum absolute atomic E-state index is 0.253. The van der Waals surface area contributed by atoms with Gasteiger partial charge in [-0.25, -0.2) is 0 Å². The number of halogens is 1. The van der Waals surface area contributed by atoms with Crippen molar-refractivity contribution in [2.75, 3.05) is 13.2 Å². The van der Waals surface area contributed by atoms with Crippen molar-refractivity contribution in [2.45, 2.75) is 68.2 Å². The number of alkyl halides is 1. The fourth-order valence-corrected chi connectivity index (χ4v) is 7.49. The highest BCUT2D eigenvalue weighted by atomic mass is 79.9. The number of amides is 1. The van der Waals surface area contributed by atoms with Gasteiger partial charge >= 0.3 is 0 Å². The van der Waals surface area contributed by atoms with Crippen molar-refractivity contribution in [3.05, 3.63) is 0 Å². The van der Waals surface area contributed by atoms with Crippen molar-refractivity contribution in [1.82, 2.24) is 5.32 Å². The first-order valence-electron chi connectivity index (χ1n) is 8.62. The van der Waals surface area contributed by atoms with E-state index in [0.29, 0.717) is 10.9 Å². The lowest BCUT2D eigenvalue weighted by Gasteiger charge is -2.60. The van der Waals surface area contributed by atoms with Crippen LogP contribution in [0.2, 0.25) is 0 Å². The van der Waals surface area contributed by atoms with Crippen LogP contribution in [0, 0.1) is 17.3 Å². The van der Waals surface area contributed by atoms with Crippen molar-refractivity contribution in [3.63, 3.8) is 0 Å². The second-order valence-electron chi connectivity index (χ2n) is 8.23. The van der Waals surface area contributed by atoms with Crippen LogP contribution < -0.4 is 5.32 Å². The molecule has 1 saturated heterocycles. The Hall–Kier alpha value is -0.0900. The third-order valence-electron chi connectivity index (χ3n) is 6.20. The van der Waals surface area contributed by atoms with E-state index in [9.17, 15) is 4.79 Å². The summed E-state index contributed by atoms with van der Waals surface area (Å²) in [6.07, 6.45) is 11.1. The van der Waals surface area contributed by atoms with Gasteiger partial charge in [0.05, 0.1) is 6.10 Å². The zero-order valence-corrected chi connectivity index (χ0v) is 14.3. The quantitative estimate of drug-likeness (QED) is 0.784. The number of carbonyl (C=O) groups excluding carboxylic acids is 1. The highest BCUT2D eigenvalue weighted by molar-refractivity contribution is 9.10. The predicted molar refractivity (Wildman–Crippen MR) is 85.4 cm³/mol. The minimum atomic E-state index is 0.253. The Morgan fingerprint density at radius 1 is 1.24 bits per heavy atom. The summed E-state index contributed by atoms with van der Waals surface area (Å²) in [6.45, 7) is 1.57. The molecule has 1 amide bonds. The van der Waals surface area contributed by atoms with Gasteiger partial charge in [-0.3, -0.25) is 4.79 Å². The standard InChI is InChI=1S/C17H26BrNO2/c18-17-7-12-4-13(8-17)6-16(5-12,11-17)9-15(20)19-10-14-2-1-3-21-14/h12-14H,1-11H2,(H,19,20)/t12-,13-,14+,16?,17?/m1/s1. The van der Waals surface area contributed by atoms with E-state index in [1.54, 1.807) is 0 Å². The van der Waals surface area contributed by atoms with Gasteiger partial charge in [0.2, 0.25) is 5.91 Å². The number of carbonyl (C=O) groups is 1. The molecule has 4 bridgehead atoms. The highest BCUT2D eigenvalue weighted by Gasteiger charge is 2.57. The minimum Gasteiger partial charge on any atom is -0.376 e. The smallest absolute Gasteiger partial charge is 0.220 e. The molecule has 21 heavy (non-hydrogen) atoms. The van der Waals surface area contributed by atoms with Crippen LogP contribution in [0.5, 0.6) is 0 Å². The van der Waals surface area contributed by atoms with Crippen LogP contribution >= 0.6 is 15.9 Å². The fourth-order valence-electron chi connectivity index (χ4n) is 5.98.